The Morgan fingerprint density at radius 1 is 1.00 bits per heavy atom. The molecule has 0 spiro atoms. The van der Waals surface area contributed by atoms with Crippen molar-refractivity contribution in [2.24, 2.45) is 0 Å². The molecule has 0 unspecified atom stereocenters. The number of benzene rings is 2. The molecule has 17 heavy (non-hydrogen) atoms. The van der Waals surface area contributed by atoms with Gasteiger partial charge < -0.3 is 5.32 Å². The van der Waals surface area contributed by atoms with Crippen LogP contribution in [-0.4, -0.2) is 0 Å². The summed E-state index contributed by atoms with van der Waals surface area (Å²) in [4.78, 5) is 0. The van der Waals surface area contributed by atoms with Crippen LogP contribution in [0.1, 0.15) is 5.56 Å². The van der Waals surface area contributed by atoms with Crippen LogP contribution in [0.4, 0.5) is 11.4 Å². The van der Waals surface area contributed by atoms with Gasteiger partial charge in [-0.1, -0.05) is 22.0 Å². The van der Waals surface area contributed by atoms with E-state index in [0.29, 0.717) is 5.56 Å². The fourth-order valence-electron chi connectivity index (χ4n) is 1.42. The van der Waals surface area contributed by atoms with Crippen molar-refractivity contribution >= 4 is 43.2 Å². The summed E-state index contributed by atoms with van der Waals surface area (Å²) in [5.41, 5.74) is 2.56. The number of nitriles is 1. The van der Waals surface area contributed by atoms with Crippen molar-refractivity contribution < 1.29 is 0 Å². The minimum atomic E-state index is 0.629. The Labute approximate surface area is 117 Å². The van der Waals surface area contributed by atoms with Crippen molar-refractivity contribution in [3.63, 3.8) is 0 Å². The molecule has 2 aromatic rings. The van der Waals surface area contributed by atoms with Crippen molar-refractivity contribution in [3.8, 4) is 6.07 Å². The first-order valence-electron chi connectivity index (χ1n) is 4.91. The monoisotopic (exact) mass is 350 g/mol. The lowest BCUT2D eigenvalue weighted by Gasteiger charge is -2.07. The smallest absolute Gasteiger partial charge is 0.100 e. The van der Waals surface area contributed by atoms with Gasteiger partial charge in [0, 0.05) is 20.3 Å². The van der Waals surface area contributed by atoms with Crippen molar-refractivity contribution in [1.29, 1.82) is 5.26 Å². The number of anilines is 2. The molecule has 2 aromatic carbocycles. The van der Waals surface area contributed by atoms with E-state index in [1.54, 1.807) is 6.07 Å². The van der Waals surface area contributed by atoms with Crippen molar-refractivity contribution in [1.82, 2.24) is 0 Å². The molecule has 2 nitrogen and oxygen atoms in total. The van der Waals surface area contributed by atoms with Crippen LogP contribution in [0.25, 0.3) is 0 Å². The van der Waals surface area contributed by atoms with Crippen LogP contribution in [0.15, 0.2) is 51.4 Å². The summed E-state index contributed by atoms with van der Waals surface area (Å²) in [6.07, 6.45) is 0. The van der Waals surface area contributed by atoms with Gasteiger partial charge in [0.2, 0.25) is 0 Å². The molecule has 0 saturated heterocycles. The van der Waals surface area contributed by atoms with Gasteiger partial charge in [-0.05, 0) is 52.3 Å². The topological polar surface area (TPSA) is 35.8 Å². The molecule has 1 N–H and O–H groups in total. The lowest BCUT2D eigenvalue weighted by atomic mass is 10.2. The number of nitrogens with one attached hydrogen (secondary N) is 1. The average Bonchev–Trinajstić information content (AvgIpc) is 2.29. The molecule has 0 aliphatic heterocycles. The largest absolute Gasteiger partial charge is 0.355 e. The van der Waals surface area contributed by atoms with E-state index in [2.05, 4.69) is 43.2 Å². The minimum absolute atomic E-state index is 0.629. The zero-order chi connectivity index (χ0) is 12.3. The van der Waals surface area contributed by atoms with Crippen LogP contribution in [-0.2, 0) is 0 Å². The van der Waals surface area contributed by atoms with Crippen LogP contribution in [0.2, 0.25) is 0 Å². The van der Waals surface area contributed by atoms with E-state index >= 15 is 0 Å². The fourth-order valence-corrected chi connectivity index (χ4v) is 2.28. The molecule has 84 valence electrons. The summed E-state index contributed by atoms with van der Waals surface area (Å²) >= 11 is 6.78. The number of nitrogens with zero attached hydrogens (tertiary/aromatic N) is 1. The number of hydrogen-bond acceptors (Lipinski definition) is 2. The summed E-state index contributed by atoms with van der Waals surface area (Å²) in [7, 11) is 0. The first-order chi connectivity index (χ1) is 8.19. The summed E-state index contributed by atoms with van der Waals surface area (Å²) in [6.45, 7) is 0. The highest BCUT2D eigenvalue weighted by atomic mass is 79.9. The predicted molar refractivity (Wildman–Crippen MR) is 76.3 cm³/mol. The van der Waals surface area contributed by atoms with Crippen molar-refractivity contribution in [2.45, 2.75) is 0 Å². The Morgan fingerprint density at radius 2 is 1.76 bits per heavy atom. The number of rotatable bonds is 2. The molecule has 0 aromatic heterocycles. The van der Waals surface area contributed by atoms with Crippen LogP contribution in [0, 0.1) is 11.3 Å². The molecule has 0 aliphatic rings. The lowest BCUT2D eigenvalue weighted by Crippen LogP contribution is -1.90. The maximum Gasteiger partial charge on any atom is 0.100 e. The standard InChI is InChI=1S/C13H8Br2N2/c14-10-2-1-3-11(6-10)17-12-5-4-9(8-16)13(15)7-12/h1-7,17H. The molecular weight excluding hydrogens is 344 g/mol. The van der Waals surface area contributed by atoms with Gasteiger partial charge >= 0.3 is 0 Å². The second-order valence-electron chi connectivity index (χ2n) is 3.44. The molecule has 0 amide bonds. The summed E-state index contributed by atoms with van der Waals surface area (Å²) in [6, 6.07) is 15.6. The first kappa shape index (κ1) is 12.2. The third-order valence-electron chi connectivity index (χ3n) is 2.20. The fraction of sp³-hybridized carbons (Fsp3) is 0. The minimum Gasteiger partial charge on any atom is -0.355 e. The van der Waals surface area contributed by atoms with Crippen molar-refractivity contribution in [2.75, 3.05) is 5.32 Å². The number of hydrogen-bond donors (Lipinski definition) is 1. The second-order valence-corrected chi connectivity index (χ2v) is 5.21. The van der Waals surface area contributed by atoms with Crippen LogP contribution in [0.3, 0.4) is 0 Å². The molecular formula is C13H8Br2N2. The van der Waals surface area contributed by atoms with Gasteiger partial charge in [-0.25, -0.2) is 0 Å². The molecule has 0 atom stereocenters. The van der Waals surface area contributed by atoms with E-state index < -0.39 is 0 Å². The van der Waals surface area contributed by atoms with E-state index in [9.17, 15) is 0 Å². The molecule has 4 heteroatoms. The van der Waals surface area contributed by atoms with Crippen LogP contribution >= 0.6 is 31.9 Å². The Morgan fingerprint density at radius 3 is 2.41 bits per heavy atom. The van der Waals surface area contributed by atoms with Crippen LogP contribution in [0.5, 0.6) is 0 Å². The zero-order valence-corrected chi connectivity index (χ0v) is 11.9. The molecule has 0 heterocycles. The van der Waals surface area contributed by atoms with Gasteiger partial charge in [0.25, 0.3) is 0 Å². The van der Waals surface area contributed by atoms with E-state index in [-0.39, 0.29) is 0 Å². The third-order valence-corrected chi connectivity index (χ3v) is 3.35. The third kappa shape index (κ3) is 3.09. The van der Waals surface area contributed by atoms with Gasteiger partial charge in [-0.2, -0.15) is 5.26 Å². The Hall–Kier alpha value is -1.31. The normalized spacial score (nSPS) is 9.71. The maximum absolute atomic E-state index is 8.83. The van der Waals surface area contributed by atoms with E-state index in [4.69, 9.17) is 5.26 Å². The van der Waals surface area contributed by atoms with Crippen LogP contribution < -0.4 is 5.32 Å². The van der Waals surface area contributed by atoms with Gasteiger partial charge in [-0.15, -0.1) is 0 Å². The second kappa shape index (κ2) is 5.35. The highest BCUT2D eigenvalue weighted by molar-refractivity contribution is 9.10. The molecule has 0 aliphatic carbocycles. The summed E-state index contributed by atoms with van der Waals surface area (Å²) in [5.74, 6) is 0. The predicted octanol–water partition coefficient (Wildman–Crippen LogP) is 4.83. The average molecular weight is 352 g/mol. The summed E-state index contributed by atoms with van der Waals surface area (Å²) < 4.78 is 1.82. The van der Waals surface area contributed by atoms with E-state index in [1.807, 2.05) is 36.4 Å². The number of halogens is 2. The molecule has 0 bridgehead atoms. The molecule has 0 saturated carbocycles. The van der Waals surface area contributed by atoms with Crippen molar-refractivity contribution in [3.05, 3.63) is 57.0 Å². The molecule has 0 fully saturated rings. The van der Waals surface area contributed by atoms with Gasteiger partial charge in [-0.3, -0.25) is 0 Å². The Balaban J connectivity index is 2.25. The molecule has 0 radical (unpaired) electrons. The Bertz CT molecular complexity index is 588. The van der Waals surface area contributed by atoms with E-state index in [0.717, 1.165) is 20.3 Å². The van der Waals surface area contributed by atoms with Gasteiger partial charge in [0.05, 0.1) is 5.56 Å². The highest BCUT2D eigenvalue weighted by Crippen LogP contribution is 2.25. The first-order valence-corrected chi connectivity index (χ1v) is 6.50. The van der Waals surface area contributed by atoms with Gasteiger partial charge in [0.1, 0.15) is 6.07 Å². The Kier molecular flexibility index (Phi) is 3.82. The SMILES string of the molecule is N#Cc1ccc(Nc2cccc(Br)c2)cc1Br. The highest BCUT2D eigenvalue weighted by Gasteiger charge is 2.01. The summed E-state index contributed by atoms with van der Waals surface area (Å²) in [5, 5.41) is 12.1. The zero-order valence-electron chi connectivity index (χ0n) is 8.74. The van der Waals surface area contributed by atoms with Gasteiger partial charge in [0.15, 0.2) is 0 Å². The van der Waals surface area contributed by atoms with E-state index in [1.165, 1.54) is 0 Å². The maximum atomic E-state index is 8.83. The quantitative estimate of drug-likeness (QED) is 0.841. The molecule has 2 rings (SSSR count). The lowest BCUT2D eigenvalue weighted by molar-refractivity contribution is 1.45.